The van der Waals surface area contributed by atoms with Gasteiger partial charge in [0.05, 0.1) is 6.10 Å². The number of anilines is 1. The summed E-state index contributed by atoms with van der Waals surface area (Å²) < 4.78 is 61.4. The van der Waals surface area contributed by atoms with Crippen molar-refractivity contribution in [2.75, 3.05) is 18.8 Å². The lowest BCUT2D eigenvalue weighted by Crippen LogP contribution is -2.44. The van der Waals surface area contributed by atoms with E-state index in [0.29, 0.717) is 11.0 Å². The largest absolute Gasteiger partial charge is 0.459 e. The lowest BCUT2D eigenvalue weighted by atomic mass is 10.1. The molecule has 0 saturated carbocycles. The molecular formula is C40H54F2N5O7P. The van der Waals surface area contributed by atoms with Gasteiger partial charge in [-0.05, 0) is 70.1 Å². The Balaban J connectivity index is 1.39. The molecule has 1 unspecified atom stereocenters. The molecule has 55 heavy (non-hydrogen) atoms. The maximum atomic E-state index is 15.2. The van der Waals surface area contributed by atoms with Gasteiger partial charge < -0.3 is 25.4 Å². The first-order chi connectivity index (χ1) is 26.5. The van der Waals surface area contributed by atoms with E-state index < -0.39 is 43.9 Å². The molecule has 0 spiro atoms. The van der Waals surface area contributed by atoms with Crippen LogP contribution in [-0.4, -0.2) is 57.9 Å². The van der Waals surface area contributed by atoms with Crippen LogP contribution in [0.2, 0.25) is 0 Å². The Bertz CT molecular complexity index is 1750. The molecule has 5 atom stereocenters. The maximum absolute atomic E-state index is 15.2. The van der Waals surface area contributed by atoms with Crippen LogP contribution in [0.25, 0.3) is 0 Å². The molecule has 1 fully saturated rings. The average Bonchev–Trinajstić information content (AvgIpc) is 3.39. The molecule has 0 aliphatic carbocycles. The third-order valence-corrected chi connectivity index (χ3v) is 9.72. The van der Waals surface area contributed by atoms with Crippen molar-refractivity contribution in [2.24, 2.45) is 0 Å². The second-order valence-corrected chi connectivity index (χ2v) is 14.2. The summed E-state index contributed by atoms with van der Waals surface area (Å²) in [6, 6.07) is 9.15. The predicted molar refractivity (Wildman–Crippen MR) is 211 cm³/mol. The van der Waals surface area contributed by atoms with Crippen molar-refractivity contribution >= 4 is 19.5 Å². The number of nitrogen functional groups attached to an aromatic ring is 1. The zero-order valence-corrected chi connectivity index (χ0v) is 32.3. The van der Waals surface area contributed by atoms with Crippen molar-refractivity contribution in [1.82, 2.24) is 20.0 Å². The molecule has 1 saturated heterocycles. The summed E-state index contributed by atoms with van der Waals surface area (Å²) in [7, 11) is -4.31. The number of allylic oxidation sites excluding steroid dienone is 12. The van der Waals surface area contributed by atoms with Gasteiger partial charge in [-0.15, -0.1) is 0 Å². The molecule has 1 amide bonds. The fourth-order valence-electron chi connectivity index (χ4n) is 5.23. The number of carbonyl (C=O) groups is 1. The van der Waals surface area contributed by atoms with Crippen LogP contribution in [0.3, 0.4) is 0 Å². The van der Waals surface area contributed by atoms with E-state index >= 15 is 8.78 Å². The van der Waals surface area contributed by atoms with Crippen molar-refractivity contribution in [3.63, 3.8) is 0 Å². The highest BCUT2D eigenvalue weighted by Crippen LogP contribution is 2.49. The summed E-state index contributed by atoms with van der Waals surface area (Å²) in [4.78, 5) is 28.1. The zero-order valence-electron chi connectivity index (χ0n) is 31.4. The van der Waals surface area contributed by atoms with Gasteiger partial charge in [-0.1, -0.05) is 98.0 Å². The molecule has 0 radical (unpaired) electrons. The number of benzene rings is 1. The van der Waals surface area contributed by atoms with Crippen molar-refractivity contribution in [2.45, 2.75) is 95.7 Å². The Morgan fingerprint density at radius 3 is 2.09 bits per heavy atom. The monoisotopic (exact) mass is 785 g/mol. The summed E-state index contributed by atoms with van der Waals surface area (Å²) in [5, 5.41) is 15.9. The minimum absolute atomic E-state index is 0.0538. The SMILES string of the molecule is CC/C=C\C/C=C\C/C=C\C/C=C\C/C=C\C/C=C\CCC(=O)NCCNP(=O)(Oc1ccccc1)O[C@H](C)[C@H]1O[C@@H](n2ccc(N)nc2=O)C(F)(F)[C@@H]1O. The Morgan fingerprint density at radius 2 is 1.53 bits per heavy atom. The highest BCUT2D eigenvalue weighted by molar-refractivity contribution is 7.52. The number of nitrogens with one attached hydrogen (secondary N) is 2. The first kappa shape index (κ1) is 44.9. The Morgan fingerprint density at radius 1 is 0.964 bits per heavy atom. The number of hydrogen-bond acceptors (Lipinski definition) is 9. The van der Waals surface area contributed by atoms with Crippen LogP contribution in [0.4, 0.5) is 14.6 Å². The molecule has 1 aromatic carbocycles. The summed E-state index contributed by atoms with van der Waals surface area (Å²) in [6.45, 7) is 3.39. The van der Waals surface area contributed by atoms with E-state index in [-0.39, 0.29) is 37.0 Å². The highest BCUT2D eigenvalue weighted by Gasteiger charge is 2.61. The lowest BCUT2D eigenvalue weighted by Gasteiger charge is -2.27. The summed E-state index contributed by atoms with van der Waals surface area (Å²) in [5.74, 6) is -4.20. The van der Waals surface area contributed by atoms with Gasteiger partial charge in [-0.3, -0.25) is 13.9 Å². The number of aliphatic hydroxyl groups excluding tert-OH is 1. The van der Waals surface area contributed by atoms with E-state index in [2.05, 4.69) is 83.1 Å². The smallest absolute Gasteiger partial charge is 0.413 e. The van der Waals surface area contributed by atoms with Crippen LogP contribution in [0.1, 0.15) is 71.4 Å². The van der Waals surface area contributed by atoms with Gasteiger partial charge >= 0.3 is 19.4 Å². The molecule has 3 rings (SSSR count). The second kappa shape index (κ2) is 24.1. The number of amides is 1. The predicted octanol–water partition coefficient (Wildman–Crippen LogP) is 7.50. The van der Waals surface area contributed by atoms with Crippen molar-refractivity contribution < 1.29 is 37.0 Å². The number of nitrogens with zero attached hydrogens (tertiary/aromatic N) is 2. The lowest BCUT2D eigenvalue weighted by molar-refractivity contribution is -0.141. The molecule has 12 nitrogen and oxygen atoms in total. The van der Waals surface area contributed by atoms with Gasteiger partial charge in [0.1, 0.15) is 17.7 Å². The van der Waals surface area contributed by atoms with Gasteiger partial charge in [0, 0.05) is 25.7 Å². The molecule has 5 N–H and O–H groups in total. The van der Waals surface area contributed by atoms with Crippen LogP contribution >= 0.6 is 7.75 Å². The highest BCUT2D eigenvalue weighted by atomic mass is 31.2. The standard InChI is InChI=1S/C40H54F2N5O7P/c1-3-4-5-6-7-8-9-10-11-12-13-14-15-16-17-18-19-20-24-27-35(48)44-29-30-45-55(51,54-33-25-22-21-23-26-33)53-32(2)36-37(49)40(41,42)38(52-36)47-31-28-34(43)46-39(47)50/h4-5,7-8,10-11,13-14,16-17,19-23,25-26,28,31-32,36-38,49H,3,6,9,12,15,18,24,27,29-30H2,1-2H3,(H,44,48)(H,45,51)(H2,43,46,50)/b5-4-,8-7-,11-10-,14-13-,17-16-,20-19-/t32-,36-,37-,38-,55?/m1/s1. The molecular weight excluding hydrogens is 731 g/mol. The molecule has 300 valence electrons. The number of para-hydroxylation sites is 1. The number of ether oxygens (including phenoxy) is 1. The first-order valence-corrected chi connectivity index (χ1v) is 20.0. The third kappa shape index (κ3) is 16.0. The van der Waals surface area contributed by atoms with E-state index in [4.69, 9.17) is 19.5 Å². The number of nitrogens with two attached hydrogens (primary N) is 1. The molecule has 1 aromatic heterocycles. The number of alkyl halides is 2. The van der Waals surface area contributed by atoms with Gasteiger partial charge in [0.2, 0.25) is 12.1 Å². The van der Waals surface area contributed by atoms with E-state index in [1.165, 1.54) is 19.1 Å². The van der Waals surface area contributed by atoms with Gasteiger partial charge in [0.15, 0.2) is 6.10 Å². The average molecular weight is 786 g/mol. The Hall–Kier alpha value is -4.46. The van der Waals surface area contributed by atoms with E-state index in [1.54, 1.807) is 18.2 Å². The van der Waals surface area contributed by atoms with Crippen molar-refractivity contribution in [1.29, 1.82) is 0 Å². The van der Waals surface area contributed by atoms with E-state index in [1.807, 2.05) is 12.2 Å². The normalized spacial score (nSPS) is 20.4. The van der Waals surface area contributed by atoms with Crippen LogP contribution in [0.5, 0.6) is 5.75 Å². The van der Waals surface area contributed by atoms with Gasteiger partial charge in [-0.25, -0.2) is 14.4 Å². The molecule has 1 aliphatic rings. The number of carbonyl (C=O) groups excluding carboxylic acids is 1. The van der Waals surface area contributed by atoms with Crippen molar-refractivity contribution in [3.8, 4) is 5.75 Å². The molecule has 1 aliphatic heterocycles. The zero-order chi connectivity index (χ0) is 39.9. The second-order valence-electron chi connectivity index (χ2n) is 12.5. The topological polar surface area (TPSA) is 167 Å². The fourth-order valence-corrected chi connectivity index (χ4v) is 6.75. The number of aromatic nitrogens is 2. The Kier molecular flexibility index (Phi) is 19.7. The van der Waals surface area contributed by atoms with Crippen LogP contribution in [0, 0.1) is 0 Å². The van der Waals surface area contributed by atoms with Gasteiger partial charge in [0.25, 0.3) is 0 Å². The van der Waals surface area contributed by atoms with Gasteiger partial charge in [-0.2, -0.15) is 13.8 Å². The number of aliphatic hydroxyl groups is 1. The minimum Gasteiger partial charge on any atom is -0.413 e. The summed E-state index contributed by atoms with van der Waals surface area (Å²) >= 11 is 0. The van der Waals surface area contributed by atoms with Crippen LogP contribution in [-0.2, 0) is 18.6 Å². The Labute approximate surface area is 322 Å². The number of hydrogen-bond donors (Lipinski definition) is 4. The number of rotatable bonds is 24. The molecule has 15 heteroatoms. The quantitative estimate of drug-likeness (QED) is 0.0476. The fraction of sp³-hybridized carbons (Fsp3) is 0.425. The van der Waals surface area contributed by atoms with Crippen molar-refractivity contribution in [3.05, 3.63) is 126 Å². The summed E-state index contributed by atoms with van der Waals surface area (Å²) in [5.41, 5.74) is 4.36. The third-order valence-electron chi connectivity index (χ3n) is 8.05. The molecule has 2 aromatic rings. The summed E-state index contributed by atoms with van der Waals surface area (Å²) in [6.07, 6.45) is 24.8. The first-order valence-electron chi connectivity index (χ1n) is 18.5. The maximum Gasteiger partial charge on any atom is 0.459 e. The van der Waals surface area contributed by atoms with Crippen LogP contribution in [0.15, 0.2) is 120 Å². The minimum atomic E-state index is -4.31. The van der Waals surface area contributed by atoms with Crippen LogP contribution < -0.4 is 26.4 Å². The van der Waals surface area contributed by atoms with E-state index in [0.717, 1.165) is 50.8 Å². The molecule has 0 bridgehead atoms. The van der Waals surface area contributed by atoms with E-state index in [9.17, 15) is 19.3 Å². The molecule has 2 heterocycles. The number of halogens is 2.